The lowest BCUT2D eigenvalue weighted by Crippen LogP contribution is -2.48. The van der Waals surface area contributed by atoms with Crippen molar-refractivity contribution in [3.63, 3.8) is 0 Å². The van der Waals surface area contributed by atoms with Gasteiger partial charge >= 0.3 is 5.69 Å². The number of piperidine rings is 1. The molecular formula is C20H35N5O3. The maximum atomic E-state index is 13.2. The fourth-order valence-corrected chi connectivity index (χ4v) is 3.71. The maximum absolute atomic E-state index is 13.2. The van der Waals surface area contributed by atoms with Crippen molar-refractivity contribution >= 4 is 17.4 Å². The number of aromatic nitrogens is 2. The summed E-state index contributed by atoms with van der Waals surface area (Å²) < 4.78 is 1.36. The second kappa shape index (κ2) is 9.91. The van der Waals surface area contributed by atoms with Gasteiger partial charge in [-0.05, 0) is 38.6 Å². The Kier molecular flexibility index (Phi) is 7.86. The number of hydrogen-bond acceptors (Lipinski definition) is 5. The van der Waals surface area contributed by atoms with Gasteiger partial charge in [-0.15, -0.1) is 0 Å². The van der Waals surface area contributed by atoms with Crippen molar-refractivity contribution in [1.29, 1.82) is 0 Å². The molecule has 0 aromatic carbocycles. The largest absolute Gasteiger partial charge is 0.383 e. The summed E-state index contributed by atoms with van der Waals surface area (Å²) in [5.41, 5.74) is 5.21. The molecule has 1 amide bonds. The molecule has 1 saturated heterocycles. The van der Waals surface area contributed by atoms with Gasteiger partial charge < -0.3 is 10.6 Å². The summed E-state index contributed by atoms with van der Waals surface area (Å²) in [6.07, 6.45) is 4.97. The Hall–Kier alpha value is -2.09. The normalized spacial score (nSPS) is 17.8. The van der Waals surface area contributed by atoms with E-state index in [1.54, 1.807) is 0 Å². The first kappa shape index (κ1) is 22.2. The molecule has 1 aliphatic rings. The van der Waals surface area contributed by atoms with E-state index in [9.17, 15) is 14.4 Å². The molecule has 0 saturated carbocycles. The van der Waals surface area contributed by atoms with Gasteiger partial charge in [-0.2, -0.15) is 0 Å². The molecule has 2 heterocycles. The zero-order valence-electron chi connectivity index (χ0n) is 17.7. The number of H-pyrrole nitrogens is 1. The van der Waals surface area contributed by atoms with Gasteiger partial charge in [0.05, 0.1) is 6.54 Å². The molecule has 1 aromatic rings. The molecule has 0 radical (unpaired) electrons. The van der Waals surface area contributed by atoms with Crippen LogP contribution in [0.2, 0.25) is 0 Å². The van der Waals surface area contributed by atoms with Crippen molar-refractivity contribution in [3.8, 4) is 0 Å². The number of unbranched alkanes of at least 4 members (excludes halogenated alkanes) is 1. The van der Waals surface area contributed by atoms with Crippen LogP contribution in [-0.2, 0) is 11.3 Å². The number of rotatable bonds is 8. The second-order valence-electron chi connectivity index (χ2n) is 8.21. The highest BCUT2D eigenvalue weighted by Crippen LogP contribution is 2.21. The van der Waals surface area contributed by atoms with Gasteiger partial charge in [0.2, 0.25) is 5.91 Å². The molecule has 0 bridgehead atoms. The third-order valence-corrected chi connectivity index (χ3v) is 5.35. The highest BCUT2D eigenvalue weighted by atomic mass is 16.2. The first-order valence-electron chi connectivity index (χ1n) is 10.4. The lowest BCUT2D eigenvalue weighted by atomic mass is 10.0. The standard InChI is InChI=1S/C20H35N5O3/c1-5-6-11-24(16(26)13-23-10-8-7-9-15(23)4)17-18(21)25(12-14(2)3)20(28)22-19(17)27/h14-15H,5-13,21H2,1-4H3,(H,22,27,28). The zero-order valence-corrected chi connectivity index (χ0v) is 17.7. The smallest absolute Gasteiger partial charge is 0.330 e. The van der Waals surface area contributed by atoms with Gasteiger partial charge in [-0.1, -0.05) is 33.6 Å². The van der Waals surface area contributed by atoms with E-state index in [0.717, 1.165) is 32.2 Å². The molecule has 8 heteroatoms. The van der Waals surface area contributed by atoms with E-state index in [-0.39, 0.29) is 29.9 Å². The minimum absolute atomic E-state index is 0.0681. The molecular weight excluding hydrogens is 358 g/mol. The molecule has 28 heavy (non-hydrogen) atoms. The predicted octanol–water partition coefficient (Wildman–Crippen LogP) is 1.78. The van der Waals surface area contributed by atoms with Crippen LogP contribution < -0.4 is 21.9 Å². The molecule has 8 nitrogen and oxygen atoms in total. The van der Waals surface area contributed by atoms with Crippen molar-refractivity contribution in [2.45, 2.75) is 72.4 Å². The second-order valence-corrected chi connectivity index (χ2v) is 8.21. The number of nitrogens with two attached hydrogens (primary N) is 1. The minimum Gasteiger partial charge on any atom is -0.383 e. The fraction of sp³-hybridized carbons (Fsp3) is 0.750. The van der Waals surface area contributed by atoms with Crippen molar-refractivity contribution < 1.29 is 4.79 Å². The van der Waals surface area contributed by atoms with Gasteiger partial charge in [0.25, 0.3) is 5.56 Å². The topological polar surface area (TPSA) is 104 Å². The van der Waals surface area contributed by atoms with E-state index in [1.165, 1.54) is 15.9 Å². The van der Waals surface area contributed by atoms with E-state index in [2.05, 4.69) is 16.8 Å². The van der Waals surface area contributed by atoms with E-state index in [0.29, 0.717) is 19.1 Å². The van der Waals surface area contributed by atoms with Crippen LogP contribution in [0.3, 0.4) is 0 Å². The maximum Gasteiger partial charge on any atom is 0.330 e. The van der Waals surface area contributed by atoms with Crippen LogP contribution in [0.5, 0.6) is 0 Å². The van der Waals surface area contributed by atoms with Gasteiger partial charge in [0.15, 0.2) is 5.69 Å². The molecule has 1 fully saturated rings. The van der Waals surface area contributed by atoms with E-state index < -0.39 is 11.2 Å². The third-order valence-electron chi connectivity index (χ3n) is 5.35. The molecule has 2 rings (SSSR count). The number of nitrogens with one attached hydrogen (secondary N) is 1. The van der Waals surface area contributed by atoms with Crippen LogP contribution in [0, 0.1) is 5.92 Å². The number of nitrogen functional groups attached to an aromatic ring is 1. The van der Waals surface area contributed by atoms with Crippen LogP contribution in [-0.4, -0.2) is 46.0 Å². The first-order valence-corrected chi connectivity index (χ1v) is 10.4. The van der Waals surface area contributed by atoms with Gasteiger partial charge in [0, 0.05) is 19.1 Å². The highest BCUT2D eigenvalue weighted by Gasteiger charge is 2.27. The molecule has 0 spiro atoms. The number of hydrogen-bond donors (Lipinski definition) is 2. The molecule has 1 aliphatic heterocycles. The van der Waals surface area contributed by atoms with Gasteiger partial charge in [0.1, 0.15) is 5.82 Å². The Bertz CT molecular complexity index is 783. The monoisotopic (exact) mass is 393 g/mol. The average molecular weight is 394 g/mol. The van der Waals surface area contributed by atoms with Crippen LogP contribution in [0.25, 0.3) is 0 Å². The number of carbonyl (C=O) groups is 1. The number of aromatic amines is 1. The first-order chi connectivity index (χ1) is 13.3. The van der Waals surface area contributed by atoms with Crippen molar-refractivity contribution in [1.82, 2.24) is 14.5 Å². The third kappa shape index (κ3) is 5.25. The predicted molar refractivity (Wildman–Crippen MR) is 113 cm³/mol. The number of likely N-dealkylation sites (tertiary alicyclic amines) is 1. The summed E-state index contributed by atoms with van der Waals surface area (Å²) in [5.74, 6) is 0.0977. The quantitative estimate of drug-likeness (QED) is 0.700. The van der Waals surface area contributed by atoms with Crippen molar-refractivity contribution in [2.24, 2.45) is 5.92 Å². The van der Waals surface area contributed by atoms with E-state index in [4.69, 9.17) is 5.73 Å². The number of carbonyl (C=O) groups excluding carboxylic acids is 1. The summed E-state index contributed by atoms with van der Waals surface area (Å²) in [5, 5.41) is 0. The molecule has 1 atom stereocenters. The Morgan fingerprint density at radius 1 is 1.32 bits per heavy atom. The average Bonchev–Trinajstić information content (AvgIpc) is 2.63. The lowest BCUT2D eigenvalue weighted by molar-refractivity contribution is -0.120. The Labute approximate surface area is 166 Å². The zero-order chi connectivity index (χ0) is 20.8. The Balaban J connectivity index is 2.40. The van der Waals surface area contributed by atoms with Gasteiger partial charge in [-0.25, -0.2) is 4.79 Å². The van der Waals surface area contributed by atoms with E-state index >= 15 is 0 Å². The SMILES string of the molecule is CCCCN(C(=O)CN1CCCCC1C)c1c(N)n(CC(C)C)c(=O)[nH]c1=O. The molecule has 0 aliphatic carbocycles. The summed E-state index contributed by atoms with van der Waals surface area (Å²) in [6, 6.07) is 0.344. The summed E-state index contributed by atoms with van der Waals surface area (Å²) >= 11 is 0. The van der Waals surface area contributed by atoms with Crippen molar-refractivity contribution in [2.75, 3.05) is 30.3 Å². The highest BCUT2D eigenvalue weighted by molar-refractivity contribution is 5.96. The van der Waals surface area contributed by atoms with Crippen molar-refractivity contribution in [3.05, 3.63) is 20.8 Å². The molecule has 3 N–H and O–H groups in total. The van der Waals surface area contributed by atoms with Crippen LogP contribution in [0.15, 0.2) is 9.59 Å². The number of anilines is 2. The number of amides is 1. The van der Waals surface area contributed by atoms with Crippen LogP contribution in [0.4, 0.5) is 11.5 Å². The summed E-state index contributed by atoms with van der Waals surface area (Å²) in [7, 11) is 0. The summed E-state index contributed by atoms with van der Waals surface area (Å²) in [4.78, 5) is 44.0. The molecule has 1 unspecified atom stereocenters. The lowest BCUT2D eigenvalue weighted by Gasteiger charge is -2.34. The molecule has 1 aromatic heterocycles. The Morgan fingerprint density at radius 2 is 2.04 bits per heavy atom. The van der Waals surface area contributed by atoms with Crippen LogP contribution >= 0.6 is 0 Å². The van der Waals surface area contributed by atoms with E-state index in [1.807, 2.05) is 20.8 Å². The minimum atomic E-state index is -0.598. The van der Waals surface area contributed by atoms with Gasteiger partial charge in [-0.3, -0.25) is 24.0 Å². The summed E-state index contributed by atoms with van der Waals surface area (Å²) in [6.45, 7) is 10.0. The fourth-order valence-electron chi connectivity index (χ4n) is 3.71. The Morgan fingerprint density at radius 3 is 2.64 bits per heavy atom. The van der Waals surface area contributed by atoms with Crippen LogP contribution in [0.1, 0.15) is 59.8 Å². The number of nitrogens with zero attached hydrogens (tertiary/aromatic N) is 3. The molecule has 158 valence electrons.